The number of fused-ring (bicyclic) bond motifs is 1. The zero-order valence-corrected chi connectivity index (χ0v) is 9.62. The Balaban J connectivity index is 2.54. The van der Waals surface area contributed by atoms with Gasteiger partial charge in [0.2, 0.25) is 0 Å². The molecule has 0 spiro atoms. The summed E-state index contributed by atoms with van der Waals surface area (Å²) in [5.74, 6) is 0. The van der Waals surface area contributed by atoms with Crippen molar-refractivity contribution in [2.45, 2.75) is 20.4 Å². The monoisotopic (exact) mass is 220 g/mol. The smallest absolute Gasteiger partial charge is 0.0961 e. The van der Waals surface area contributed by atoms with E-state index in [-0.39, 0.29) is 0 Å². The first-order chi connectivity index (χ1) is 7.22. The molecule has 15 heavy (non-hydrogen) atoms. The van der Waals surface area contributed by atoms with Crippen LogP contribution in [0.4, 0.5) is 0 Å². The Bertz CT molecular complexity index is 512. The van der Waals surface area contributed by atoms with Crippen LogP contribution in [0.5, 0.6) is 0 Å². The molecule has 0 saturated carbocycles. The van der Waals surface area contributed by atoms with E-state index in [0.717, 1.165) is 17.6 Å². The lowest BCUT2D eigenvalue weighted by Crippen LogP contribution is -1.93. The number of hydrogen-bond donors (Lipinski definition) is 0. The van der Waals surface area contributed by atoms with Crippen molar-refractivity contribution in [2.24, 2.45) is 0 Å². The molecule has 0 bridgehead atoms. The molecule has 0 saturated heterocycles. The van der Waals surface area contributed by atoms with Gasteiger partial charge in [-0.25, -0.2) is 4.98 Å². The summed E-state index contributed by atoms with van der Waals surface area (Å²) >= 11 is 5.51. The van der Waals surface area contributed by atoms with Gasteiger partial charge in [0, 0.05) is 12.1 Å². The Labute approximate surface area is 94.2 Å². The molecule has 2 aromatic rings. The Kier molecular flexibility index (Phi) is 2.78. The third-order valence-electron chi connectivity index (χ3n) is 2.63. The van der Waals surface area contributed by atoms with Gasteiger partial charge in [-0.1, -0.05) is 17.7 Å². The molecule has 1 aromatic heterocycles. The third kappa shape index (κ3) is 1.90. The minimum absolute atomic E-state index is 0.766. The quantitative estimate of drug-likeness (QED) is 0.759. The number of rotatable bonds is 2. The first-order valence-corrected chi connectivity index (χ1v) is 5.33. The summed E-state index contributed by atoms with van der Waals surface area (Å²) in [5, 5.41) is 0. The van der Waals surface area contributed by atoms with Crippen LogP contribution in [0.25, 0.3) is 11.0 Å². The van der Waals surface area contributed by atoms with Crippen LogP contribution in [0.3, 0.4) is 0 Å². The van der Waals surface area contributed by atoms with E-state index in [2.05, 4.69) is 35.5 Å². The molecule has 78 valence electrons. The number of aryl methyl sites for hydroxylation is 2. The average molecular weight is 221 g/mol. The Morgan fingerprint density at radius 1 is 1.33 bits per heavy atom. The van der Waals surface area contributed by atoms with Crippen molar-refractivity contribution in [3.05, 3.63) is 41.2 Å². The van der Waals surface area contributed by atoms with Gasteiger partial charge in [0.25, 0.3) is 0 Å². The van der Waals surface area contributed by atoms with Gasteiger partial charge in [-0.3, -0.25) is 0 Å². The van der Waals surface area contributed by atoms with Crippen molar-refractivity contribution in [2.75, 3.05) is 0 Å². The van der Waals surface area contributed by atoms with E-state index >= 15 is 0 Å². The zero-order valence-electron chi connectivity index (χ0n) is 8.87. The van der Waals surface area contributed by atoms with Crippen LogP contribution >= 0.6 is 11.6 Å². The number of imidazole rings is 1. The lowest BCUT2D eigenvalue weighted by Gasteiger charge is -2.02. The summed E-state index contributed by atoms with van der Waals surface area (Å²) in [6, 6.07) is 4.28. The van der Waals surface area contributed by atoms with Gasteiger partial charge in [0.15, 0.2) is 0 Å². The van der Waals surface area contributed by atoms with Crippen LogP contribution < -0.4 is 0 Å². The largest absolute Gasteiger partial charge is 0.327 e. The molecule has 0 fully saturated rings. The van der Waals surface area contributed by atoms with Crippen molar-refractivity contribution in [3.8, 4) is 0 Å². The summed E-state index contributed by atoms with van der Waals surface area (Å²) in [4.78, 5) is 4.36. The fourth-order valence-corrected chi connectivity index (χ4v) is 1.69. The van der Waals surface area contributed by atoms with E-state index < -0.39 is 0 Å². The summed E-state index contributed by atoms with van der Waals surface area (Å²) in [6.07, 6.45) is 3.75. The SMILES string of the molecule is Cc1cc2ncn(C/C=C/Cl)c2cc1C. The second-order valence-electron chi connectivity index (χ2n) is 3.68. The first-order valence-electron chi connectivity index (χ1n) is 4.89. The first kappa shape index (κ1) is 10.2. The lowest BCUT2D eigenvalue weighted by molar-refractivity contribution is 0.850. The van der Waals surface area contributed by atoms with E-state index in [1.165, 1.54) is 16.7 Å². The topological polar surface area (TPSA) is 17.8 Å². The predicted molar refractivity (Wildman–Crippen MR) is 64.2 cm³/mol. The highest BCUT2D eigenvalue weighted by Gasteiger charge is 2.03. The third-order valence-corrected chi connectivity index (χ3v) is 2.81. The van der Waals surface area contributed by atoms with Crippen LogP contribution in [0, 0.1) is 13.8 Å². The van der Waals surface area contributed by atoms with Crippen LogP contribution in [0.1, 0.15) is 11.1 Å². The van der Waals surface area contributed by atoms with Crippen LogP contribution in [-0.4, -0.2) is 9.55 Å². The van der Waals surface area contributed by atoms with Gasteiger partial charge < -0.3 is 4.57 Å². The molecule has 0 amide bonds. The minimum atomic E-state index is 0.766. The van der Waals surface area contributed by atoms with Gasteiger partial charge in [-0.2, -0.15) is 0 Å². The maximum absolute atomic E-state index is 5.51. The lowest BCUT2D eigenvalue weighted by atomic mass is 10.1. The molecule has 0 aliphatic carbocycles. The fourth-order valence-electron chi connectivity index (χ4n) is 1.61. The van der Waals surface area contributed by atoms with E-state index in [9.17, 15) is 0 Å². The van der Waals surface area contributed by atoms with Crippen molar-refractivity contribution in [1.29, 1.82) is 0 Å². The van der Waals surface area contributed by atoms with E-state index in [1.807, 2.05) is 12.4 Å². The highest BCUT2D eigenvalue weighted by atomic mass is 35.5. The highest BCUT2D eigenvalue weighted by Crippen LogP contribution is 2.18. The molecule has 0 unspecified atom stereocenters. The highest BCUT2D eigenvalue weighted by molar-refractivity contribution is 6.25. The van der Waals surface area contributed by atoms with E-state index in [4.69, 9.17) is 11.6 Å². The Hall–Kier alpha value is -1.28. The molecule has 0 aliphatic rings. The van der Waals surface area contributed by atoms with E-state index in [1.54, 1.807) is 0 Å². The maximum atomic E-state index is 5.51. The summed E-state index contributed by atoms with van der Waals surface area (Å²) in [7, 11) is 0. The Morgan fingerprint density at radius 3 is 2.80 bits per heavy atom. The second-order valence-corrected chi connectivity index (χ2v) is 3.94. The molecule has 0 aliphatic heterocycles. The normalized spacial score (nSPS) is 11.7. The number of hydrogen-bond acceptors (Lipinski definition) is 1. The van der Waals surface area contributed by atoms with Crippen LogP contribution in [0.2, 0.25) is 0 Å². The van der Waals surface area contributed by atoms with Crippen molar-refractivity contribution in [3.63, 3.8) is 0 Å². The number of nitrogens with zero attached hydrogens (tertiary/aromatic N) is 2. The number of benzene rings is 1. The maximum Gasteiger partial charge on any atom is 0.0961 e. The zero-order chi connectivity index (χ0) is 10.8. The van der Waals surface area contributed by atoms with Crippen LogP contribution in [-0.2, 0) is 6.54 Å². The molecule has 1 heterocycles. The standard InChI is InChI=1S/C12H13ClN2/c1-9-6-11-12(7-10(9)2)15(8-14-11)5-3-4-13/h3-4,6-8H,5H2,1-2H3/b4-3+. The summed E-state index contributed by atoms with van der Waals surface area (Å²) < 4.78 is 2.08. The molecule has 1 aromatic carbocycles. The summed E-state index contributed by atoms with van der Waals surface area (Å²) in [5.41, 5.74) is 6.31. The molecule has 2 nitrogen and oxygen atoms in total. The fraction of sp³-hybridized carbons (Fsp3) is 0.250. The number of aromatic nitrogens is 2. The average Bonchev–Trinajstić information content (AvgIpc) is 2.59. The summed E-state index contributed by atoms with van der Waals surface area (Å²) in [6.45, 7) is 4.98. The van der Waals surface area contributed by atoms with Crippen molar-refractivity contribution in [1.82, 2.24) is 9.55 Å². The second kappa shape index (κ2) is 4.07. The van der Waals surface area contributed by atoms with Crippen molar-refractivity contribution >= 4 is 22.6 Å². The number of halogens is 1. The molecular formula is C12H13ClN2. The van der Waals surface area contributed by atoms with Gasteiger partial charge in [-0.05, 0) is 37.1 Å². The van der Waals surface area contributed by atoms with Gasteiger partial charge in [-0.15, -0.1) is 0 Å². The minimum Gasteiger partial charge on any atom is -0.327 e. The van der Waals surface area contributed by atoms with Crippen LogP contribution in [0.15, 0.2) is 30.1 Å². The molecule has 0 N–H and O–H groups in total. The molecule has 3 heteroatoms. The van der Waals surface area contributed by atoms with E-state index in [0.29, 0.717) is 0 Å². The molecular weight excluding hydrogens is 208 g/mol. The molecule has 2 rings (SSSR count). The van der Waals surface area contributed by atoms with Crippen molar-refractivity contribution < 1.29 is 0 Å². The van der Waals surface area contributed by atoms with Gasteiger partial charge in [0.1, 0.15) is 0 Å². The Morgan fingerprint density at radius 2 is 2.07 bits per heavy atom. The van der Waals surface area contributed by atoms with Gasteiger partial charge in [0.05, 0.1) is 17.4 Å². The molecule has 0 radical (unpaired) electrons. The number of allylic oxidation sites excluding steroid dienone is 1. The van der Waals surface area contributed by atoms with Gasteiger partial charge >= 0.3 is 0 Å². The molecule has 0 atom stereocenters. The predicted octanol–water partition coefficient (Wildman–Crippen LogP) is 3.41.